The summed E-state index contributed by atoms with van der Waals surface area (Å²) in [5, 5.41) is 5.24. The number of nitrogens with zero attached hydrogens (tertiary/aromatic N) is 3. The Labute approximate surface area is 165 Å². The van der Waals surface area contributed by atoms with E-state index < -0.39 is 0 Å². The third-order valence-corrected chi connectivity index (χ3v) is 4.83. The summed E-state index contributed by atoms with van der Waals surface area (Å²) in [4.78, 5) is 20.8. The quantitative estimate of drug-likeness (QED) is 0.507. The molecule has 1 aromatic carbocycles. The molecule has 0 atom stereocenters. The van der Waals surface area contributed by atoms with Gasteiger partial charge in [-0.25, -0.2) is 9.97 Å². The molecule has 0 saturated heterocycles. The normalized spacial score (nSPS) is 10.8. The van der Waals surface area contributed by atoms with Crippen LogP contribution in [0.1, 0.15) is 16.2 Å². The summed E-state index contributed by atoms with van der Waals surface area (Å²) >= 11 is 1.37. The number of aryl methyl sites for hydroxylation is 1. The number of hydrogen-bond acceptors (Lipinski definition) is 6. The molecule has 0 unspecified atom stereocenters. The molecule has 0 spiro atoms. The van der Waals surface area contributed by atoms with Crippen LogP contribution in [0.5, 0.6) is 5.75 Å². The number of imidazole rings is 1. The minimum atomic E-state index is -0.264. The third kappa shape index (κ3) is 4.29. The van der Waals surface area contributed by atoms with Gasteiger partial charge in [0.25, 0.3) is 5.91 Å². The van der Waals surface area contributed by atoms with Gasteiger partial charge in [-0.05, 0) is 43.3 Å². The zero-order chi connectivity index (χ0) is 19.3. The molecule has 28 heavy (non-hydrogen) atoms. The van der Waals surface area contributed by atoms with E-state index in [-0.39, 0.29) is 5.91 Å². The van der Waals surface area contributed by atoms with Gasteiger partial charge in [-0.15, -0.1) is 11.3 Å². The molecule has 0 bridgehead atoms. The second-order valence-electron chi connectivity index (χ2n) is 6.08. The summed E-state index contributed by atoms with van der Waals surface area (Å²) in [6.07, 6.45) is 5.37. The van der Waals surface area contributed by atoms with Gasteiger partial charge in [0.1, 0.15) is 23.8 Å². The number of carbonyl (C=O) groups excluding carboxylic acids is 1. The number of furan rings is 1. The van der Waals surface area contributed by atoms with E-state index in [0.29, 0.717) is 28.8 Å². The van der Waals surface area contributed by atoms with Gasteiger partial charge < -0.3 is 19.0 Å². The molecule has 0 aliphatic heterocycles. The molecule has 1 amide bonds. The monoisotopic (exact) mass is 394 g/mol. The van der Waals surface area contributed by atoms with Crippen molar-refractivity contribution in [1.82, 2.24) is 14.5 Å². The topological polar surface area (TPSA) is 82.2 Å². The van der Waals surface area contributed by atoms with Gasteiger partial charge in [0.05, 0.1) is 12.9 Å². The standard InChI is InChI=1S/C20H18N4O3S/c1-14-2-7-18(27-14)20-23-17(12-28-20)19(25)22-15-3-5-16(6-4-15)26-11-10-24-9-8-21-13-24/h2-9,12-13H,10-11H2,1H3,(H,22,25). The largest absolute Gasteiger partial charge is 0.492 e. The molecular formula is C20H18N4O3S. The Hall–Kier alpha value is -3.39. The molecule has 7 nitrogen and oxygen atoms in total. The number of benzene rings is 1. The van der Waals surface area contributed by atoms with Crippen molar-refractivity contribution in [2.24, 2.45) is 0 Å². The molecule has 4 aromatic rings. The number of aromatic nitrogens is 3. The molecule has 3 aromatic heterocycles. The molecule has 8 heteroatoms. The van der Waals surface area contributed by atoms with Gasteiger partial charge in [0.2, 0.25) is 0 Å². The van der Waals surface area contributed by atoms with Crippen molar-refractivity contribution < 1.29 is 13.9 Å². The second kappa shape index (κ2) is 8.10. The number of thiazole rings is 1. The van der Waals surface area contributed by atoms with E-state index in [2.05, 4.69) is 15.3 Å². The molecule has 0 fully saturated rings. The number of carbonyl (C=O) groups is 1. The number of hydrogen-bond donors (Lipinski definition) is 1. The molecule has 142 valence electrons. The Morgan fingerprint density at radius 2 is 2.11 bits per heavy atom. The first-order valence-electron chi connectivity index (χ1n) is 8.70. The smallest absolute Gasteiger partial charge is 0.275 e. The predicted octanol–water partition coefficient (Wildman–Crippen LogP) is 4.24. The van der Waals surface area contributed by atoms with Gasteiger partial charge in [-0.3, -0.25) is 4.79 Å². The molecule has 3 heterocycles. The summed E-state index contributed by atoms with van der Waals surface area (Å²) in [6.45, 7) is 3.13. The van der Waals surface area contributed by atoms with Gasteiger partial charge in [0, 0.05) is 23.5 Å². The van der Waals surface area contributed by atoms with Crippen molar-refractivity contribution in [3.63, 3.8) is 0 Å². The summed E-state index contributed by atoms with van der Waals surface area (Å²) in [5.41, 5.74) is 1.03. The van der Waals surface area contributed by atoms with Crippen LogP contribution in [0.2, 0.25) is 0 Å². The number of rotatable bonds is 7. The van der Waals surface area contributed by atoms with Crippen LogP contribution >= 0.6 is 11.3 Å². The minimum absolute atomic E-state index is 0.264. The van der Waals surface area contributed by atoms with E-state index in [1.165, 1.54) is 11.3 Å². The van der Waals surface area contributed by atoms with Crippen LogP contribution < -0.4 is 10.1 Å². The number of ether oxygens (including phenoxy) is 1. The zero-order valence-electron chi connectivity index (χ0n) is 15.2. The molecule has 4 rings (SSSR count). The maximum Gasteiger partial charge on any atom is 0.275 e. The van der Waals surface area contributed by atoms with Crippen LogP contribution in [0, 0.1) is 6.92 Å². The van der Waals surface area contributed by atoms with Crippen molar-refractivity contribution >= 4 is 22.9 Å². The summed E-state index contributed by atoms with van der Waals surface area (Å²) in [7, 11) is 0. The molecule has 0 aliphatic carbocycles. The summed E-state index contributed by atoms with van der Waals surface area (Å²) in [5.74, 6) is 1.95. The van der Waals surface area contributed by atoms with Crippen molar-refractivity contribution in [3.8, 4) is 16.5 Å². The van der Waals surface area contributed by atoms with E-state index in [4.69, 9.17) is 9.15 Å². The van der Waals surface area contributed by atoms with Crippen LogP contribution in [-0.2, 0) is 6.54 Å². The zero-order valence-corrected chi connectivity index (χ0v) is 16.0. The number of anilines is 1. The van der Waals surface area contributed by atoms with Crippen LogP contribution in [0.4, 0.5) is 5.69 Å². The number of nitrogens with one attached hydrogen (secondary N) is 1. The lowest BCUT2D eigenvalue weighted by Gasteiger charge is -2.08. The van der Waals surface area contributed by atoms with Crippen molar-refractivity contribution in [1.29, 1.82) is 0 Å². The molecular weight excluding hydrogens is 376 g/mol. The van der Waals surface area contributed by atoms with Crippen LogP contribution in [-0.4, -0.2) is 27.0 Å². The Morgan fingerprint density at radius 1 is 1.25 bits per heavy atom. The first-order valence-corrected chi connectivity index (χ1v) is 9.57. The Morgan fingerprint density at radius 3 is 2.82 bits per heavy atom. The van der Waals surface area contributed by atoms with Gasteiger partial charge >= 0.3 is 0 Å². The van der Waals surface area contributed by atoms with Gasteiger partial charge in [0.15, 0.2) is 10.8 Å². The second-order valence-corrected chi connectivity index (χ2v) is 6.93. The first-order chi connectivity index (χ1) is 13.7. The highest BCUT2D eigenvalue weighted by Gasteiger charge is 2.14. The lowest BCUT2D eigenvalue weighted by atomic mass is 10.3. The van der Waals surface area contributed by atoms with Gasteiger partial charge in [-0.1, -0.05) is 0 Å². The average Bonchev–Trinajstić information content (AvgIpc) is 3.44. The van der Waals surface area contributed by atoms with E-state index in [9.17, 15) is 4.79 Å². The highest BCUT2D eigenvalue weighted by atomic mass is 32.1. The molecule has 1 N–H and O–H groups in total. The van der Waals surface area contributed by atoms with Gasteiger partial charge in [-0.2, -0.15) is 0 Å². The fourth-order valence-electron chi connectivity index (χ4n) is 2.56. The Bertz CT molecular complexity index is 1050. The summed E-state index contributed by atoms with van der Waals surface area (Å²) in [6, 6.07) is 11.0. The van der Waals surface area contributed by atoms with E-state index in [1.54, 1.807) is 30.0 Å². The SMILES string of the molecule is Cc1ccc(-c2nc(C(=O)Nc3ccc(OCCn4ccnc4)cc3)cs2)o1. The van der Waals surface area contributed by atoms with Crippen LogP contribution in [0.15, 0.2) is 64.9 Å². The minimum Gasteiger partial charge on any atom is -0.492 e. The Balaban J connectivity index is 1.32. The highest BCUT2D eigenvalue weighted by molar-refractivity contribution is 7.13. The fourth-order valence-corrected chi connectivity index (χ4v) is 3.32. The maximum atomic E-state index is 12.4. The first kappa shape index (κ1) is 18.0. The lowest BCUT2D eigenvalue weighted by Crippen LogP contribution is -2.12. The maximum absolute atomic E-state index is 12.4. The average molecular weight is 394 g/mol. The van der Waals surface area contributed by atoms with E-state index >= 15 is 0 Å². The third-order valence-electron chi connectivity index (χ3n) is 3.98. The van der Waals surface area contributed by atoms with Crippen molar-refractivity contribution in [2.75, 3.05) is 11.9 Å². The van der Waals surface area contributed by atoms with E-state index in [0.717, 1.165) is 18.1 Å². The van der Waals surface area contributed by atoms with Crippen LogP contribution in [0.25, 0.3) is 10.8 Å². The highest BCUT2D eigenvalue weighted by Crippen LogP contribution is 2.26. The Kier molecular flexibility index (Phi) is 5.20. The molecule has 0 radical (unpaired) electrons. The molecule has 0 saturated carbocycles. The fraction of sp³-hybridized carbons (Fsp3) is 0.150. The summed E-state index contributed by atoms with van der Waals surface area (Å²) < 4.78 is 13.2. The molecule has 0 aliphatic rings. The predicted molar refractivity (Wildman–Crippen MR) is 107 cm³/mol. The number of amides is 1. The van der Waals surface area contributed by atoms with Crippen molar-refractivity contribution in [2.45, 2.75) is 13.5 Å². The van der Waals surface area contributed by atoms with E-state index in [1.807, 2.05) is 42.0 Å². The lowest BCUT2D eigenvalue weighted by molar-refractivity contribution is 0.102. The van der Waals surface area contributed by atoms with Crippen molar-refractivity contribution in [3.05, 3.63) is 72.0 Å². The van der Waals surface area contributed by atoms with Crippen LogP contribution in [0.3, 0.4) is 0 Å².